The van der Waals surface area contributed by atoms with E-state index >= 15 is 0 Å². The number of H-pyrrole nitrogens is 1. The standard InChI is InChI=1S/C14H15FN4OS/c1-2-9-19-12(17-18-14(19)21)7-8-13(20)16-11-5-3-10(15)4-6-11/h2-6H,1,7-9H2,(H,16,20)(H,18,21). The first-order valence-corrected chi connectivity index (χ1v) is 6.81. The maximum Gasteiger partial charge on any atom is 0.224 e. The van der Waals surface area contributed by atoms with Gasteiger partial charge in [-0.2, -0.15) is 5.10 Å². The molecule has 0 bridgehead atoms. The van der Waals surface area contributed by atoms with Crippen LogP contribution in [0.25, 0.3) is 0 Å². The van der Waals surface area contributed by atoms with Crippen molar-refractivity contribution in [1.82, 2.24) is 14.8 Å². The Labute approximate surface area is 126 Å². The Morgan fingerprint density at radius 1 is 1.48 bits per heavy atom. The molecule has 5 nitrogen and oxygen atoms in total. The van der Waals surface area contributed by atoms with Crippen molar-refractivity contribution in [1.29, 1.82) is 0 Å². The number of carbonyl (C=O) groups excluding carboxylic acids is 1. The summed E-state index contributed by atoms with van der Waals surface area (Å²) in [5, 5.41) is 9.49. The molecule has 0 aliphatic heterocycles. The molecule has 7 heteroatoms. The monoisotopic (exact) mass is 306 g/mol. The van der Waals surface area contributed by atoms with Gasteiger partial charge in [-0.15, -0.1) is 6.58 Å². The van der Waals surface area contributed by atoms with E-state index in [9.17, 15) is 9.18 Å². The van der Waals surface area contributed by atoms with Crippen molar-refractivity contribution in [3.63, 3.8) is 0 Å². The van der Waals surface area contributed by atoms with Crippen molar-refractivity contribution in [3.05, 3.63) is 53.3 Å². The van der Waals surface area contributed by atoms with Gasteiger partial charge in [-0.05, 0) is 36.5 Å². The van der Waals surface area contributed by atoms with Gasteiger partial charge in [-0.3, -0.25) is 9.89 Å². The second kappa shape index (κ2) is 6.94. The highest BCUT2D eigenvalue weighted by Gasteiger charge is 2.08. The van der Waals surface area contributed by atoms with Gasteiger partial charge in [-0.1, -0.05) is 6.08 Å². The van der Waals surface area contributed by atoms with Gasteiger partial charge >= 0.3 is 0 Å². The first-order valence-electron chi connectivity index (χ1n) is 6.40. The molecular formula is C14H15FN4OS. The Kier molecular flexibility index (Phi) is 4.99. The van der Waals surface area contributed by atoms with Crippen molar-refractivity contribution in [2.24, 2.45) is 0 Å². The zero-order valence-corrected chi connectivity index (χ0v) is 12.1. The Hall–Kier alpha value is -2.28. The summed E-state index contributed by atoms with van der Waals surface area (Å²) < 4.78 is 15.1. The van der Waals surface area contributed by atoms with Gasteiger partial charge < -0.3 is 9.88 Å². The van der Waals surface area contributed by atoms with Crippen LogP contribution in [0.1, 0.15) is 12.2 Å². The fourth-order valence-corrected chi connectivity index (χ4v) is 2.07. The average Bonchev–Trinajstić information content (AvgIpc) is 2.81. The van der Waals surface area contributed by atoms with E-state index in [0.29, 0.717) is 29.2 Å². The maximum atomic E-state index is 12.8. The zero-order valence-electron chi connectivity index (χ0n) is 11.3. The van der Waals surface area contributed by atoms with E-state index in [0.717, 1.165) is 0 Å². The van der Waals surface area contributed by atoms with Crippen LogP contribution in [0.4, 0.5) is 10.1 Å². The van der Waals surface area contributed by atoms with Gasteiger partial charge in [0.25, 0.3) is 0 Å². The average molecular weight is 306 g/mol. The van der Waals surface area contributed by atoms with Crippen LogP contribution in [0.15, 0.2) is 36.9 Å². The van der Waals surface area contributed by atoms with E-state index in [1.165, 1.54) is 24.3 Å². The normalized spacial score (nSPS) is 10.3. The lowest BCUT2D eigenvalue weighted by molar-refractivity contribution is -0.116. The number of carbonyl (C=O) groups is 1. The Bertz CT molecular complexity index is 690. The Morgan fingerprint density at radius 3 is 2.86 bits per heavy atom. The van der Waals surface area contributed by atoms with Gasteiger partial charge in [0.2, 0.25) is 5.91 Å². The van der Waals surface area contributed by atoms with Crippen LogP contribution < -0.4 is 5.32 Å². The second-order valence-electron chi connectivity index (χ2n) is 4.40. The van der Waals surface area contributed by atoms with E-state index in [1.807, 2.05) is 0 Å². The minimum absolute atomic E-state index is 0.166. The van der Waals surface area contributed by atoms with Gasteiger partial charge in [0.15, 0.2) is 4.77 Å². The predicted octanol–water partition coefficient (Wildman–Crippen LogP) is 2.84. The van der Waals surface area contributed by atoms with Crippen LogP contribution in [0.2, 0.25) is 0 Å². The number of halogens is 1. The number of rotatable bonds is 6. The molecule has 2 N–H and O–H groups in total. The van der Waals surface area contributed by atoms with E-state index in [2.05, 4.69) is 22.1 Å². The molecule has 1 amide bonds. The summed E-state index contributed by atoms with van der Waals surface area (Å²) in [6, 6.07) is 5.62. The number of nitrogens with one attached hydrogen (secondary N) is 2. The molecule has 1 aromatic carbocycles. The third-order valence-corrected chi connectivity index (χ3v) is 3.16. The fraction of sp³-hybridized carbons (Fsp3) is 0.214. The maximum absolute atomic E-state index is 12.8. The lowest BCUT2D eigenvalue weighted by atomic mass is 10.2. The summed E-state index contributed by atoms with van der Waals surface area (Å²) >= 11 is 5.10. The molecule has 0 fully saturated rings. The lowest BCUT2D eigenvalue weighted by Crippen LogP contribution is -2.14. The van der Waals surface area contributed by atoms with Crippen molar-refractivity contribution >= 4 is 23.8 Å². The van der Waals surface area contributed by atoms with Crippen LogP contribution in [-0.4, -0.2) is 20.7 Å². The number of hydrogen-bond donors (Lipinski definition) is 2. The summed E-state index contributed by atoms with van der Waals surface area (Å²) in [6.45, 7) is 4.20. The van der Waals surface area contributed by atoms with E-state index in [4.69, 9.17) is 12.2 Å². The summed E-state index contributed by atoms with van der Waals surface area (Å²) in [6.07, 6.45) is 2.43. The van der Waals surface area contributed by atoms with Crippen LogP contribution >= 0.6 is 12.2 Å². The van der Waals surface area contributed by atoms with E-state index in [-0.39, 0.29) is 18.1 Å². The molecule has 1 heterocycles. The smallest absolute Gasteiger partial charge is 0.224 e. The number of allylic oxidation sites excluding steroid dienone is 1. The number of anilines is 1. The van der Waals surface area contributed by atoms with Crippen molar-refractivity contribution in [2.75, 3.05) is 5.32 Å². The molecule has 110 valence electrons. The molecule has 2 aromatic rings. The lowest BCUT2D eigenvalue weighted by Gasteiger charge is -2.06. The molecule has 0 atom stereocenters. The molecule has 0 aliphatic rings. The molecule has 1 aromatic heterocycles. The third-order valence-electron chi connectivity index (χ3n) is 2.85. The Balaban J connectivity index is 1.93. The van der Waals surface area contributed by atoms with Gasteiger partial charge in [0, 0.05) is 25.1 Å². The SMILES string of the molecule is C=CCn1c(CCC(=O)Nc2ccc(F)cc2)n[nH]c1=S. The largest absolute Gasteiger partial charge is 0.326 e. The summed E-state index contributed by atoms with van der Waals surface area (Å²) in [7, 11) is 0. The van der Waals surface area contributed by atoms with Crippen LogP contribution in [0.3, 0.4) is 0 Å². The van der Waals surface area contributed by atoms with Crippen LogP contribution in [0, 0.1) is 10.6 Å². The summed E-state index contributed by atoms with van der Waals surface area (Å²) in [4.78, 5) is 11.8. The quantitative estimate of drug-likeness (QED) is 0.637. The van der Waals surface area contributed by atoms with Crippen molar-refractivity contribution < 1.29 is 9.18 Å². The first kappa shape index (κ1) is 15.1. The topological polar surface area (TPSA) is 62.7 Å². The van der Waals surface area contributed by atoms with Crippen LogP contribution in [0.5, 0.6) is 0 Å². The molecule has 0 saturated heterocycles. The minimum Gasteiger partial charge on any atom is -0.326 e. The van der Waals surface area contributed by atoms with Gasteiger partial charge in [-0.25, -0.2) is 4.39 Å². The summed E-state index contributed by atoms with van der Waals surface area (Å²) in [5.41, 5.74) is 0.561. The van der Waals surface area contributed by atoms with Crippen molar-refractivity contribution in [3.8, 4) is 0 Å². The molecule has 21 heavy (non-hydrogen) atoms. The molecular weight excluding hydrogens is 291 g/mol. The highest BCUT2D eigenvalue weighted by molar-refractivity contribution is 7.71. The second-order valence-corrected chi connectivity index (χ2v) is 4.79. The number of aryl methyl sites for hydroxylation is 1. The number of hydrogen-bond acceptors (Lipinski definition) is 3. The highest BCUT2D eigenvalue weighted by Crippen LogP contribution is 2.09. The third kappa shape index (κ3) is 4.09. The van der Waals surface area contributed by atoms with Crippen LogP contribution in [-0.2, 0) is 17.8 Å². The molecule has 0 spiro atoms. The number of benzene rings is 1. The first-order chi connectivity index (χ1) is 10.1. The number of nitrogens with zero attached hydrogens (tertiary/aromatic N) is 2. The van der Waals surface area contributed by atoms with E-state index < -0.39 is 0 Å². The molecule has 0 radical (unpaired) electrons. The molecule has 0 unspecified atom stereocenters. The fourth-order valence-electron chi connectivity index (χ4n) is 1.84. The Morgan fingerprint density at radius 2 is 2.19 bits per heavy atom. The highest BCUT2D eigenvalue weighted by atomic mass is 32.1. The predicted molar refractivity (Wildman–Crippen MR) is 81.0 cm³/mol. The van der Waals surface area contributed by atoms with E-state index in [1.54, 1.807) is 10.6 Å². The number of aromatic amines is 1. The van der Waals surface area contributed by atoms with Gasteiger partial charge in [0.1, 0.15) is 11.6 Å². The number of aromatic nitrogens is 3. The summed E-state index contributed by atoms with van der Waals surface area (Å²) in [5.74, 6) is 0.197. The zero-order chi connectivity index (χ0) is 15.2. The van der Waals surface area contributed by atoms with Gasteiger partial charge in [0.05, 0.1) is 0 Å². The molecule has 0 aliphatic carbocycles. The molecule has 0 saturated carbocycles. The number of amides is 1. The molecule has 2 rings (SSSR count). The van der Waals surface area contributed by atoms with Crippen molar-refractivity contribution in [2.45, 2.75) is 19.4 Å². The minimum atomic E-state index is -0.340.